The minimum Gasteiger partial charge on any atom is -0.497 e. The zero-order chi connectivity index (χ0) is 18.1. The van der Waals surface area contributed by atoms with Crippen LogP contribution in [0.4, 0.5) is 0 Å². The lowest BCUT2D eigenvalue weighted by molar-refractivity contribution is 0.212. The second-order valence-electron chi connectivity index (χ2n) is 5.84. The number of halogens is 1. The molecule has 1 heterocycles. The van der Waals surface area contributed by atoms with Gasteiger partial charge in [0.05, 0.1) is 24.7 Å². The highest BCUT2D eigenvalue weighted by Gasteiger charge is 2.46. The maximum Gasteiger partial charge on any atom is 0.214 e. The molecule has 3 aromatic rings. The highest BCUT2D eigenvalue weighted by Crippen LogP contribution is 2.58. The van der Waals surface area contributed by atoms with E-state index in [1.54, 1.807) is 26.0 Å². The van der Waals surface area contributed by atoms with Gasteiger partial charge in [-0.25, -0.2) is 0 Å². The normalized spacial score (nSPS) is 18.1. The van der Waals surface area contributed by atoms with Crippen molar-refractivity contribution >= 4 is 23.4 Å². The second kappa shape index (κ2) is 6.78. The minimum atomic E-state index is -0.758. The topological polar surface area (TPSA) is 27.7 Å². The van der Waals surface area contributed by atoms with Gasteiger partial charge in [-0.15, -0.1) is 0 Å². The average molecular weight is 385 g/mol. The Morgan fingerprint density at radius 1 is 0.923 bits per heavy atom. The summed E-state index contributed by atoms with van der Waals surface area (Å²) in [6, 6.07) is 21.6. The predicted octanol–water partition coefficient (Wildman–Crippen LogP) is 5.74. The zero-order valence-electron chi connectivity index (χ0n) is 14.4. The quantitative estimate of drug-likeness (QED) is 0.573. The van der Waals surface area contributed by atoms with Gasteiger partial charge in [-0.3, -0.25) is 0 Å². The Labute approximate surface area is 161 Å². The Kier molecular flexibility index (Phi) is 4.47. The fourth-order valence-electron chi connectivity index (χ4n) is 3.07. The van der Waals surface area contributed by atoms with Gasteiger partial charge in [0.2, 0.25) is 4.93 Å². The largest absolute Gasteiger partial charge is 0.497 e. The third-order valence-electron chi connectivity index (χ3n) is 4.34. The Bertz CT molecular complexity index is 915. The summed E-state index contributed by atoms with van der Waals surface area (Å²) < 4.78 is 17.5. The number of fused-ring (bicyclic) bond motifs is 1. The molecule has 0 fully saturated rings. The van der Waals surface area contributed by atoms with E-state index in [-0.39, 0.29) is 0 Å². The first-order valence-corrected chi connectivity index (χ1v) is 9.31. The van der Waals surface area contributed by atoms with Crippen LogP contribution in [-0.4, -0.2) is 14.2 Å². The van der Waals surface area contributed by atoms with Crippen LogP contribution in [0.15, 0.2) is 71.6 Å². The van der Waals surface area contributed by atoms with E-state index in [4.69, 9.17) is 25.8 Å². The first-order chi connectivity index (χ1) is 12.7. The molecule has 1 unspecified atom stereocenters. The van der Waals surface area contributed by atoms with E-state index in [2.05, 4.69) is 6.07 Å². The van der Waals surface area contributed by atoms with Crippen molar-refractivity contribution in [2.45, 2.75) is 9.83 Å². The lowest BCUT2D eigenvalue weighted by atomic mass is 9.99. The van der Waals surface area contributed by atoms with Crippen molar-refractivity contribution in [1.29, 1.82) is 0 Å². The summed E-state index contributed by atoms with van der Waals surface area (Å²) in [4.78, 5) is 0.326. The third-order valence-corrected chi connectivity index (χ3v) is 5.98. The molecule has 132 valence electrons. The van der Waals surface area contributed by atoms with Gasteiger partial charge in [-0.2, -0.15) is 0 Å². The number of hydrogen-bond donors (Lipinski definition) is 0. The van der Waals surface area contributed by atoms with E-state index >= 15 is 0 Å². The average Bonchev–Trinajstić information content (AvgIpc) is 3.08. The number of para-hydroxylation sites is 1. The molecule has 1 aliphatic heterocycles. The third kappa shape index (κ3) is 2.79. The Morgan fingerprint density at radius 3 is 2.38 bits per heavy atom. The van der Waals surface area contributed by atoms with E-state index < -0.39 is 4.93 Å². The molecule has 0 N–H and O–H groups in total. The van der Waals surface area contributed by atoms with Crippen LogP contribution in [0.2, 0.25) is 5.02 Å². The number of benzene rings is 3. The number of rotatable bonds is 4. The van der Waals surface area contributed by atoms with E-state index in [1.165, 1.54) is 0 Å². The fourth-order valence-corrected chi connectivity index (χ4v) is 4.53. The lowest BCUT2D eigenvalue weighted by Crippen LogP contribution is -2.28. The number of ether oxygens (including phenoxy) is 3. The highest BCUT2D eigenvalue weighted by atomic mass is 35.5. The zero-order valence-corrected chi connectivity index (χ0v) is 15.9. The van der Waals surface area contributed by atoms with Gasteiger partial charge in [-0.05, 0) is 36.4 Å². The van der Waals surface area contributed by atoms with Gasteiger partial charge in [0, 0.05) is 16.7 Å². The number of thioether (sulfide) groups is 1. The van der Waals surface area contributed by atoms with Gasteiger partial charge in [0.15, 0.2) is 0 Å². The molecule has 0 saturated carbocycles. The van der Waals surface area contributed by atoms with Crippen molar-refractivity contribution in [2.24, 2.45) is 0 Å². The first-order valence-electron chi connectivity index (χ1n) is 8.12. The highest BCUT2D eigenvalue weighted by molar-refractivity contribution is 8.00. The standard InChI is InChI=1S/C21H17ClO3S/c1-23-16-11-12-17(19(13-16)24-2)21(14-7-9-15(22)10-8-14)25-18-5-3-4-6-20(18)26-21/h3-13H,1-2H3. The second-order valence-corrected chi connectivity index (χ2v) is 7.50. The molecule has 0 bridgehead atoms. The van der Waals surface area contributed by atoms with Gasteiger partial charge >= 0.3 is 0 Å². The van der Waals surface area contributed by atoms with Crippen LogP contribution in [0.25, 0.3) is 0 Å². The van der Waals surface area contributed by atoms with Crippen LogP contribution in [0.3, 0.4) is 0 Å². The molecule has 0 aromatic heterocycles. The maximum atomic E-state index is 6.52. The van der Waals surface area contributed by atoms with Gasteiger partial charge in [-0.1, -0.05) is 47.6 Å². The molecule has 3 aromatic carbocycles. The van der Waals surface area contributed by atoms with E-state index in [0.29, 0.717) is 10.8 Å². The molecule has 1 atom stereocenters. The fraction of sp³-hybridized carbons (Fsp3) is 0.143. The molecule has 0 saturated heterocycles. The Hall–Kier alpha value is -2.30. The monoisotopic (exact) mass is 384 g/mol. The van der Waals surface area contributed by atoms with Crippen LogP contribution >= 0.6 is 23.4 Å². The Balaban J connectivity index is 1.92. The van der Waals surface area contributed by atoms with Crippen molar-refractivity contribution in [3.05, 3.63) is 82.9 Å². The van der Waals surface area contributed by atoms with Crippen LogP contribution in [-0.2, 0) is 4.93 Å². The van der Waals surface area contributed by atoms with E-state index in [1.807, 2.05) is 60.7 Å². The van der Waals surface area contributed by atoms with Crippen molar-refractivity contribution in [1.82, 2.24) is 0 Å². The van der Waals surface area contributed by atoms with Crippen molar-refractivity contribution in [2.75, 3.05) is 14.2 Å². The minimum absolute atomic E-state index is 0.686. The van der Waals surface area contributed by atoms with Crippen LogP contribution in [0.1, 0.15) is 11.1 Å². The molecule has 0 amide bonds. The molecule has 1 aliphatic rings. The molecule has 0 spiro atoms. The van der Waals surface area contributed by atoms with Crippen LogP contribution < -0.4 is 14.2 Å². The van der Waals surface area contributed by atoms with Crippen LogP contribution in [0.5, 0.6) is 17.2 Å². The molecule has 3 nitrogen and oxygen atoms in total. The molecule has 0 radical (unpaired) electrons. The summed E-state index contributed by atoms with van der Waals surface area (Å²) in [5.41, 5.74) is 1.91. The van der Waals surface area contributed by atoms with Gasteiger partial charge in [0.1, 0.15) is 17.2 Å². The maximum absolute atomic E-state index is 6.52. The summed E-state index contributed by atoms with van der Waals surface area (Å²) >= 11 is 7.76. The van der Waals surface area contributed by atoms with Crippen molar-refractivity contribution < 1.29 is 14.2 Å². The van der Waals surface area contributed by atoms with Crippen molar-refractivity contribution in [3.8, 4) is 17.2 Å². The van der Waals surface area contributed by atoms with E-state index in [0.717, 1.165) is 27.5 Å². The molecule has 4 rings (SSSR count). The molecular formula is C21H17ClO3S. The molecular weight excluding hydrogens is 368 g/mol. The summed E-state index contributed by atoms with van der Waals surface area (Å²) in [5.74, 6) is 2.29. The molecule has 5 heteroatoms. The number of methoxy groups -OCH3 is 2. The number of hydrogen-bond acceptors (Lipinski definition) is 4. The SMILES string of the molecule is COc1ccc(C2(c3ccc(Cl)cc3)Oc3ccccc3S2)c(OC)c1. The van der Waals surface area contributed by atoms with E-state index in [9.17, 15) is 0 Å². The molecule has 0 aliphatic carbocycles. The summed E-state index contributed by atoms with van der Waals surface area (Å²) in [5, 5.41) is 0.686. The Morgan fingerprint density at radius 2 is 1.69 bits per heavy atom. The van der Waals surface area contributed by atoms with Gasteiger partial charge in [0.25, 0.3) is 0 Å². The first kappa shape index (κ1) is 17.1. The summed E-state index contributed by atoms with van der Waals surface area (Å²) in [7, 11) is 3.29. The predicted molar refractivity (Wildman–Crippen MR) is 105 cm³/mol. The lowest BCUT2D eigenvalue weighted by Gasteiger charge is -2.30. The molecule has 26 heavy (non-hydrogen) atoms. The van der Waals surface area contributed by atoms with Gasteiger partial charge < -0.3 is 14.2 Å². The summed E-state index contributed by atoms with van der Waals surface area (Å²) in [6.07, 6.45) is 0. The smallest absolute Gasteiger partial charge is 0.214 e. The van der Waals surface area contributed by atoms with Crippen molar-refractivity contribution in [3.63, 3.8) is 0 Å². The summed E-state index contributed by atoms with van der Waals surface area (Å²) in [6.45, 7) is 0. The van der Waals surface area contributed by atoms with Crippen LogP contribution in [0, 0.1) is 0 Å².